The van der Waals surface area contributed by atoms with E-state index in [1.807, 2.05) is 42.5 Å². The van der Waals surface area contributed by atoms with E-state index in [4.69, 9.17) is 5.21 Å². The Balaban J connectivity index is 1.87. The first-order valence-corrected chi connectivity index (χ1v) is 8.83. The van der Waals surface area contributed by atoms with Crippen LogP contribution in [0, 0.1) is 0 Å². The average Bonchev–Trinajstić information content (AvgIpc) is 3.56. The summed E-state index contributed by atoms with van der Waals surface area (Å²) in [6, 6.07) is 15.7. The number of hydrogen-bond donors (Lipinski definition) is 4. The van der Waals surface area contributed by atoms with Crippen LogP contribution in [0.25, 0.3) is 11.1 Å². The van der Waals surface area contributed by atoms with Crippen molar-refractivity contribution in [2.24, 2.45) is 0 Å². The van der Waals surface area contributed by atoms with E-state index in [1.54, 1.807) is 12.1 Å². The molecule has 142 valence electrons. The summed E-state index contributed by atoms with van der Waals surface area (Å²) in [4.78, 5) is 25.8. The van der Waals surface area contributed by atoms with Gasteiger partial charge in [0, 0.05) is 13.1 Å². The minimum Gasteiger partial charge on any atom is -0.374 e. The summed E-state index contributed by atoms with van der Waals surface area (Å²) in [6.07, 6.45) is 0.387. The van der Waals surface area contributed by atoms with Crippen LogP contribution < -0.4 is 10.8 Å². The Kier molecular flexibility index (Phi) is 5.85. The van der Waals surface area contributed by atoms with Gasteiger partial charge in [0.05, 0.1) is 0 Å². The summed E-state index contributed by atoms with van der Waals surface area (Å²) in [6.45, 7) is 0. The highest BCUT2D eigenvalue weighted by Gasteiger charge is 2.44. The van der Waals surface area contributed by atoms with E-state index in [1.165, 1.54) is 17.4 Å². The smallest absolute Gasteiger partial charge is 0.270 e. The molecule has 2 amide bonds. The van der Waals surface area contributed by atoms with Gasteiger partial charge < -0.3 is 10.4 Å². The van der Waals surface area contributed by atoms with Gasteiger partial charge in [-0.05, 0) is 29.5 Å². The summed E-state index contributed by atoms with van der Waals surface area (Å²) in [5.41, 5.74) is 4.15. The number of benzene rings is 2. The predicted octanol–water partition coefficient (Wildman–Crippen LogP) is 1.43. The molecular weight excluding hydrogens is 346 g/mol. The van der Waals surface area contributed by atoms with E-state index in [-0.39, 0.29) is 6.04 Å². The van der Waals surface area contributed by atoms with Crippen LogP contribution in [-0.2, 0) is 9.59 Å². The lowest BCUT2D eigenvalue weighted by atomic mass is 10.0. The first-order valence-electron chi connectivity index (χ1n) is 8.83. The molecule has 1 fully saturated rings. The maximum atomic E-state index is 12.2. The van der Waals surface area contributed by atoms with Crippen molar-refractivity contribution in [3.8, 4) is 11.1 Å². The Morgan fingerprint density at radius 1 is 1.00 bits per heavy atom. The molecule has 27 heavy (non-hydrogen) atoms. The summed E-state index contributed by atoms with van der Waals surface area (Å²) >= 11 is 0. The molecule has 0 aromatic heterocycles. The van der Waals surface area contributed by atoms with Gasteiger partial charge in [-0.25, -0.2) is 5.48 Å². The Morgan fingerprint density at radius 2 is 1.59 bits per heavy atom. The van der Waals surface area contributed by atoms with Gasteiger partial charge in [0.25, 0.3) is 5.91 Å². The Labute approximate surface area is 157 Å². The van der Waals surface area contributed by atoms with Crippen LogP contribution >= 0.6 is 0 Å². The predicted molar refractivity (Wildman–Crippen MR) is 99.5 cm³/mol. The zero-order valence-corrected chi connectivity index (χ0v) is 15.0. The number of aliphatic hydroxyl groups excluding tert-OH is 1. The molecule has 0 heterocycles. The number of hydroxylamine groups is 1. The molecule has 0 saturated heterocycles. The number of aliphatic hydroxyl groups is 1. The monoisotopic (exact) mass is 369 g/mol. The van der Waals surface area contributed by atoms with E-state index >= 15 is 0 Å². The van der Waals surface area contributed by atoms with Gasteiger partial charge in [-0.1, -0.05) is 54.6 Å². The Morgan fingerprint density at radius 3 is 2.11 bits per heavy atom. The second-order valence-electron chi connectivity index (χ2n) is 6.53. The topological polar surface area (TPSA) is 102 Å². The van der Waals surface area contributed by atoms with Crippen molar-refractivity contribution in [3.05, 3.63) is 60.2 Å². The standard InChI is InChI=1S/C20H23N3O4/c1-21-18(24)17(19(25)22-27)23(16-11-12-16)20(26)15-9-7-14(8-10-15)13-5-3-2-4-6-13/h2-10,16-17,20,26-27H,11-12H2,1H3,(H,21,24)(H,22,25)/t17?,20-/m1/s1. The molecule has 2 aromatic rings. The van der Waals surface area contributed by atoms with Crippen LogP contribution in [0.15, 0.2) is 54.6 Å². The first kappa shape index (κ1) is 19.0. The Hall–Kier alpha value is -2.74. The molecule has 1 aliphatic rings. The second-order valence-corrected chi connectivity index (χ2v) is 6.53. The van der Waals surface area contributed by atoms with Gasteiger partial charge in [-0.2, -0.15) is 0 Å². The molecule has 7 nitrogen and oxygen atoms in total. The minimum absolute atomic E-state index is 0.103. The van der Waals surface area contributed by atoms with Crippen LogP contribution in [0.1, 0.15) is 24.6 Å². The lowest BCUT2D eigenvalue weighted by Crippen LogP contribution is -2.56. The highest BCUT2D eigenvalue weighted by atomic mass is 16.5. The molecule has 2 aromatic carbocycles. The third-order valence-electron chi connectivity index (χ3n) is 4.72. The van der Waals surface area contributed by atoms with E-state index < -0.39 is 24.1 Å². The SMILES string of the molecule is CNC(=O)C(C(=O)NO)N(C1CC1)[C@H](O)c1ccc(-c2ccccc2)cc1. The van der Waals surface area contributed by atoms with E-state index in [2.05, 4.69) is 5.32 Å². The number of nitrogens with zero attached hydrogens (tertiary/aromatic N) is 1. The molecular formula is C20H23N3O4. The van der Waals surface area contributed by atoms with E-state index in [9.17, 15) is 14.7 Å². The third-order valence-corrected chi connectivity index (χ3v) is 4.72. The maximum Gasteiger partial charge on any atom is 0.270 e. The normalized spacial score (nSPS) is 15.9. The summed E-state index contributed by atoms with van der Waals surface area (Å²) < 4.78 is 0. The van der Waals surface area contributed by atoms with Gasteiger partial charge in [0.1, 0.15) is 6.23 Å². The number of rotatable bonds is 7. The molecule has 1 unspecified atom stereocenters. The molecule has 1 aliphatic carbocycles. The van der Waals surface area contributed by atoms with Crippen LogP contribution in [0.4, 0.5) is 0 Å². The molecule has 7 heteroatoms. The molecule has 2 atom stereocenters. The van der Waals surface area contributed by atoms with Gasteiger partial charge in [0.15, 0.2) is 6.04 Å². The number of amides is 2. The molecule has 0 radical (unpaired) electrons. The van der Waals surface area contributed by atoms with Gasteiger partial charge in [0.2, 0.25) is 5.91 Å². The van der Waals surface area contributed by atoms with Crippen LogP contribution in [0.5, 0.6) is 0 Å². The van der Waals surface area contributed by atoms with Crippen molar-refractivity contribution in [2.75, 3.05) is 7.05 Å². The number of nitrogens with one attached hydrogen (secondary N) is 2. The van der Waals surface area contributed by atoms with Crippen molar-refractivity contribution >= 4 is 11.8 Å². The van der Waals surface area contributed by atoms with Crippen molar-refractivity contribution in [2.45, 2.75) is 31.2 Å². The highest BCUT2D eigenvalue weighted by Crippen LogP contribution is 2.35. The molecule has 0 spiro atoms. The quantitative estimate of drug-likeness (QED) is 0.256. The lowest BCUT2D eigenvalue weighted by Gasteiger charge is -2.33. The largest absolute Gasteiger partial charge is 0.374 e. The second kappa shape index (κ2) is 8.30. The van der Waals surface area contributed by atoms with Gasteiger partial charge >= 0.3 is 0 Å². The maximum absolute atomic E-state index is 12.2. The Bertz CT molecular complexity index is 775. The highest BCUT2D eigenvalue weighted by molar-refractivity contribution is 6.04. The van der Waals surface area contributed by atoms with Crippen molar-refractivity contribution in [1.29, 1.82) is 0 Å². The van der Waals surface area contributed by atoms with Crippen molar-refractivity contribution in [1.82, 2.24) is 15.7 Å². The fourth-order valence-electron chi connectivity index (χ4n) is 3.16. The van der Waals surface area contributed by atoms with E-state index in [0.717, 1.165) is 24.0 Å². The minimum atomic E-state index is -1.32. The number of hydrogen-bond acceptors (Lipinski definition) is 5. The zero-order chi connectivity index (χ0) is 19.4. The number of carbonyl (C=O) groups excluding carboxylic acids is 2. The van der Waals surface area contributed by atoms with Crippen molar-refractivity contribution in [3.63, 3.8) is 0 Å². The van der Waals surface area contributed by atoms with Gasteiger partial charge in [-0.15, -0.1) is 0 Å². The third kappa shape index (κ3) is 4.16. The fourth-order valence-corrected chi connectivity index (χ4v) is 3.16. The molecule has 3 rings (SSSR count). The summed E-state index contributed by atoms with van der Waals surface area (Å²) in [5.74, 6) is -1.46. The summed E-state index contributed by atoms with van der Waals surface area (Å²) in [5, 5.41) is 22.3. The fraction of sp³-hybridized carbons (Fsp3) is 0.300. The zero-order valence-electron chi connectivity index (χ0n) is 15.0. The van der Waals surface area contributed by atoms with E-state index in [0.29, 0.717) is 5.56 Å². The van der Waals surface area contributed by atoms with Crippen LogP contribution in [0.3, 0.4) is 0 Å². The van der Waals surface area contributed by atoms with Crippen LogP contribution in [0.2, 0.25) is 0 Å². The van der Waals surface area contributed by atoms with Crippen molar-refractivity contribution < 1.29 is 19.9 Å². The van der Waals surface area contributed by atoms with Gasteiger partial charge in [-0.3, -0.25) is 19.7 Å². The lowest BCUT2D eigenvalue weighted by molar-refractivity contribution is -0.150. The molecule has 0 aliphatic heterocycles. The molecule has 0 bridgehead atoms. The first-order chi connectivity index (χ1) is 13.1. The molecule has 1 saturated carbocycles. The number of likely N-dealkylation sites (N-methyl/N-ethyl adjacent to an activating group) is 1. The average molecular weight is 369 g/mol. The summed E-state index contributed by atoms with van der Waals surface area (Å²) in [7, 11) is 1.41. The number of carbonyl (C=O) groups is 2. The molecule has 4 N–H and O–H groups in total. The van der Waals surface area contributed by atoms with Crippen LogP contribution in [-0.4, -0.2) is 46.2 Å².